The van der Waals surface area contributed by atoms with E-state index in [9.17, 15) is 9.59 Å². The van der Waals surface area contributed by atoms with E-state index >= 15 is 0 Å². The van der Waals surface area contributed by atoms with E-state index < -0.39 is 0 Å². The molecule has 0 aliphatic carbocycles. The molecule has 2 aromatic rings. The first-order valence-electron chi connectivity index (χ1n) is 9.70. The Morgan fingerprint density at radius 2 is 1.75 bits per heavy atom. The average Bonchev–Trinajstić information content (AvgIpc) is 2.73. The molecule has 0 bridgehead atoms. The number of rotatable bonds is 6. The highest BCUT2D eigenvalue weighted by Gasteiger charge is 2.24. The van der Waals surface area contributed by atoms with Gasteiger partial charge in [-0.05, 0) is 60.9 Å². The fraction of sp³-hybridized carbons (Fsp3) is 0.348. The van der Waals surface area contributed by atoms with Crippen LogP contribution >= 0.6 is 0 Å². The summed E-state index contributed by atoms with van der Waals surface area (Å²) in [6, 6.07) is 17.4. The zero-order valence-electron chi connectivity index (χ0n) is 15.9. The summed E-state index contributed by atoms with van der Waals surface area (Å²) in [4.78, 5) is 25.4. The molecule has 1 aliphatic rings. The lowest BCUT2D eigenvalue weighted by Gasteiger charge is -2.32. The molecular formula is C23H25N3O2. The molecule has 5 heteroatoms. The van der Waals surface area contributed by atoms with Crippen molar-refractivity contribution in [1.29, 1.82) is 5.26 Å². The van der Waals surface area contributed by atoms with Gasteiger partial charge in [0.15, 0.2) is 0 Å². The molecule has 1 fully saturated rings. The number of carbonyl (C=O) groups excluding carboxylic acids is 2. The minimum Gasteiger partial charge on any atom is -0.370 e. The number of piperidine rings is 1. The zero-order chi connectivity index (χ0) is 19.9. The van der Waals surface area contributed by atoms with E-state index in [0.717, 1.165) is 37.9 Å². The van der Waals surface area contributed by atoms with E-state index in [1.54, 1.807) is 24.3 Å². The molecule has 0 aromatic heterocycles. The van der Waals surface area contributed by atoms with Gasteiger partial charge in [0.05, 0.1) is 11.6 Å². The SMILES string of the molecule is N#Cc1cccc(C(=O)N2CCC(Cc3ccc(CCC(N)=O)cc3)CC2)c1. The molecule has 2 amide bonds. The van der Waals surface area contributed by atoms with Gasteiger partial charge < -0.3 is 10.6 Å². The molecule has 5 nitrogen and oxygen atoms in total. The van der Waals surface area contributed by atoms with Crippen molar-refractivity contribution in [3.63, 3.8) is 0 Å². The number of likely N-dealkylation sites (tertiary alicyclic amines) is 1. The number of hydrogen-bond donors (Lipinski definition) is 1. The maximum Gasteiger partial charge on any atom is 0.253 e. The van der Waals surface area contributed by atoms with Crippen LogP contribution in [0.4, 0.5) is 0 Å². The highest BCUT2D eigenvalue weighted by Crippen LogP contribution is 2.23. The van der Waals surface area contributed by atoms with Crippen LogP contribution in [0.5, 0.6) is 0 Å². The number of aryl methyl sites for hydroxylation is 1. The van der Waals surface area contributed by atoms with Crippen LogP contribution in [-0.4, -0.2) is 29.8 Å². The van der Waals surface area contributed by atoms with E-state index in [1.807, 2.05) is 4.90 Å². The van der Waals surface area contributed by atoms with Crippen LogP contribution in [0.3, 0.4) is 0 Å². The van der Waals surface area contributed by atoms with Crippen LogP contribution in [0.15, 0.2) is 48.5 Å². The standard InChI is InChI=1S/C23H25N3O2/c24-16-20-2-1-3-21(15-20)23(28)26-12-10-19(11-13-26)14-18-6-4-17(5-7-18)8-9-22(25)27/h1-7,15,19H,8-14H2,(H2,25,27). The summed E-state index contributed by atoms with van der Waals surface area (Å²) in [7, 11) is 0. The van der Waals surface area contributed by atoms with Gasteiger partial charge in [0.1, 0.15) is 0 Å². The maximum absolute atomic E-state index is 12.7. The van der Waals surface area contributed by atoms with Crippen LogP contribution in [-0.2, 0) is 17.6 Å². The van der Waals surface area contributed by atoms with Crippen LogP contribution in [0.1, 0.15) is 46.3 Å². The molecule has 2 aromatic carbocycles. The molecular weight excluding hydrogens is 350 g/mol. The molecule has 0 saturated carbocycles. The van der Waals surface area contributed by atoms with E-state index in [-0.39, 0.29) is 11.8 Å². The summed E-state index contributed by atoms with van der Waals surface area (Å²) in [6.45, 7) is 1.49. The molecule has 0 spiro atoms. The minimum absolute atomic E-state index is 0.00866. The molecule has 28 heavy (non-hydrogen) atoms. The Hall–Kier alpha value is -3.13. The third-order valence-corrected chi connectivity index (χ3v) is 5.35. The second kappa shape index (κ2) is 9.18. The summed E-state index contributed by atoms with van der Waals surface area (Å²) in [6.07, 6.45) is 4.02. The van der Waals surface area contributed by atoms with Gasteiger partial charge in [-0.1, -0.05) is 30.3 Å². The number of primary amides is 1. The monoisotopic (exact) mass is 375 g/mol. The molecule has 0 unspecified atom stereocenters. The predicted octanol–water partition coefficient (Wildman–Crippen LogP) is 3.07. The Labute approximate surface area is 165 Å². The second-order valence-electron chi connectivity index (χ2n) is 7.42. The molecule has 1 heterocycles. The third-order valence-electron chi connectivity index (χ3n) is 5.35. The van der Waals surface area contributed by atoms with Crippen molar-refractivity contribution in [3.8, 4) is 6.07 Å². The summed E-state index contributed by atoms with van der Waals surface area (Å²) in [5.74, 6) is 0.296. The summed E-state index contributed by atoms with van der Waals surface area (Å²) in [5, 5.41) is 9.00. The van der Waals surface area contributed by atoms with Crippen molar-refractivity contribution < 1.29 is 9.59 Å². The fourth-order valence-electron chi connectivity index (χ4n) is 3.69. The minimum atomic E-state index is -0.273. The van der Waals surface area contributed by atoms with Crippen LogP contribution in [0.25, 0.3) is 0 Å². The van der Waals surface area contributed by atoms with Gasteiger partial charge in [-0.3, -0.25) is 9.59 Å². The number of hydrogen-bond acceptors (Lipinski definition) is 3. The fourth-order valence-corrected chi connectivity index (χ4v) is 3.69. The van der Waals surface area contributed by atoms with Gasteiger partial charge in [-0.15, -0.1) is 0 Å². The Morgan fingerprint density at radius 1 is 1.07 bits per heavy atom. The topological polar surface area (TPSA) is 87.2 Å². The van der Waals surface area contributed by atoms with E-state index in [0.29, 0.717) is 29.9 Å². The number of nitrogens with zero attached hydrogens (tertiary/aromatic N) is 2. The lowest BCUT2D eigenvalue weighted by Crippen LogP contribution is -2.38. The van der Waals surface area contributed by atoms with Crippen molar-refractivity contribution in [2.75, 3.05) is 13.1 Å². The molecule has 3 rings (SSSR count). The zero-order valence-corrected chi connectivity index (χ0v) is 15.9. The second-order valence-corrected chi connectivity index (χ2v) is 7.42. The smallest absolute Gasteiger partial charge is 0.253 e. The normalized spacial score (nSPS) is 14.5. The Kier molecular flexibility index (Phi) is 6.44. The first-order valence-corrected chi connectivity index (χ1v) is 9.70. The van der Waals surface area contributed by atoms with Crippen molar-refractivity contribution in [1.82, 2.24) is 4.90 Å². The number of amides is 2. The van der Waals surface area contributed by atoms with Crippen LogP contribution < -0.4 is 5.73 Å². The Morgan fingerprint density at radius 3 is 2.39 bits per heavy atom. The molecule has 144 valence electrons. The number of carbonyl (C=O) groups is 2. The first kappa shape index (κ1) is 19.6. The summed E-state index contributed by atoms with van der Waals surface area (Å²) in [5.41, 5.74) is 8.71. The lowest BCUT2D eigenvalue weighted by molar-refractivity contribution is -0.117. The first-order chi connectivity index (χ1) is 13.5. The number of nitrogens with two attached hydrogens (primary N) is 1. The van der Waals surface area contributed by atoms with Crippen LogP contribution in [0, 0.1) is 17.2 Å². The summed E-state index contributed by atoms with van der Waals surface area (Å²) >= 11 is 0. The Bertz CT molecular complexity index is 875. The lowest BCUT2D eigenvalue weighted by atomic mass is 9.89. The molecule has 2 N–H and O–H groups in total. The van der Waals surface area contributed by atoms with Crippen LogP contribution in [0.2, 0.25) is 0 Å². The predicted molar refractivity (Wildman–Crippen MR) is 107 cm³/mol. The Balaban J connectivity index is 1.50. The summed E-state index contributed by atoms with van der Waals surface area (Å²) < 4.78 is 0. The van der Waals surface area contributed by atoms with Crippen molar-refractivity contribution in [2.45, 2.75) is 32.1 Å². The van der Waals surface area contributed by atoms with E-state index in [2.05, 4.69) is 30.3 Å². The largest absolute Gasteiger partial charge is 0.370 e. The van der Waals surface area contributed by atoms with E-state index in [4.69, 9.17) is 11.0 Å². The molecule has 1 saturated heterocycles. The van der Waals surface area contributed by atoms with Crippen molar-refractivity contribution >= 4 is 11.8 Å². The highest BCUT2D eigenvalue weighted by atomic mass is 16.2. The van der Waals surface area contributed by atoms with Gasteiger partial charge in [0, 0.05) is 25.1 Å². The van der Waals surface area contributed by atoms with Crippen molar-refractivity contribution in [3.05, 3.63) is 70.8 Å². The van der Waals surface area contributed by atoms with Gasteiger partial charge >= 0.3 is 0 Å². The van der Waals surface area contributed by atoms with Gasteiger partial charge in [-0.2, -0.15) is 5.26 Å². The number of nitriles is 1. The van der Waals surface area contributed by atoms with Gasteiger partial charge in [0.2, 0.25) is 5.91 Å². The quantitative estimate of drug-likeness (QED) is 0.842. The third kappa shape index (κ3) is 5.20. The highest BCUT2D eigenvalue weighted by molar-refractivity contribution is 5.94. The molecule has 0 atom stereocenters. The molecule has 0 radical (unpaired) electrons. The maximum atomic E-state index is 12.7. The number of benzene rings is 2. The van der Waals surface area contributed by atoms with Gasteiger partial charge in [-0.25, -0.2) is 0 Å². The average molecular weight is 375 g/mol. The van der Waals surface area contributed by atoms with E-state index in [1.165, 1.54) is 5.56 Å². The van der Waals surface area contributed by atoms with Gasteiger partial charge in [0.25, 0.3) is 5.91 Å². The van der Waals surface area contributed by atoms with Crippen molar-refractivity contribution in [2.24, 2.45) is 11.7 Å². The molecule has 1 aliphatic heterocycles.